The van der Waals surface area contributed by atoms with E-state index in [2.05, 4.69) is 5.32 Å². The van der Waals surface area contributed by atoms with Crippen LogP contribution < -0.4 is 15.1 Å². The lowest BCUT2D eigenvalue weighted by Gasteiger charge is -2.49. The van der Waals surface area contributed by atoms with Gasteiger partial charge in [0, 0.05) is 17.3 Å². The summed E-state index contributed by atoms with van der Waals surface area (Å²) in [7, 11) is 0. The van der Waals surface area contributed by atoms with Gasteiger partial charge >= 0.3 is 0 Å². The number of allylic oxidation sites excluding steroid dienone is 2. The molecule has 0 radical (unpaired) electrons. The van der Waals surface area contributed by atoms with Gasteiger partial charge in [-0.2, -0.15) is 0 Å². The number of para-hydroxylation sites is 1. The minimum atomic E-state index is -1.44. The molecule has 2 heterocycles. The van der Waals surface area contributed by atoms with E-state index < -0.39 is 70.1 Å². The lowest BCUT2D eigenvalue weighted by atomic mass is 9.51. The number of hydrogen-bond donors (Lipinski definition) is 2. The summed E-state index contributed by atoms with van der Waals surface area (Å²) in [4.78, 5) is 59.2. The van der Waals surface area contributed by atoms with Gasteiger partial charge in [0.1, 0.15) is 5.82 Å². The Bertz CT molecular complexity index is 2140. The third-order valence-corrected chi connectivity index (χ3v) is 11.2. The molecule has 4 aliphatic rings. The van der Waals surface area contributed by atoms with Crippen molar-refractivity contribution in [1.82, 2.24) is 0 Å². The first-order valence-electron chi connectivity index (χ1n) is 16.3. The molecular weight excluding hydrogens is 664 g/mol. The summed E-state index contributed by atoms with van der Waals surface area (Å²) in [5, 5.41) is 13.0. The van der Waals surface area contributed by atoms with Crippen molar-refractivity contribution in [2.45, 2.75) is 25.7 Å². The number of imide groups is 2. The number of halogens is 3. The van der Waals surface area contributed by atoms with Crippen LogP contribution in [0, 0.1) is 40.7 Å². The van der Waals surface area contributed by atoms with Gasteiger partial charge in [0.05, 0.1) is 39.6 Å². The second kappa shape index (κ2) is 11.6. The third kappa shape index (κ3) is 4.69. The number of nitrogens with one attached hydrogen (secondary N) is 1. The zero-order valence-electron chi connectivity index (χ0n) is 26.6. The van der Waals surface area contributed by atoms with Crippen molar-refractivity contribution in [1.29, 1.82) is 0 Å². The number of carbonyl (C=O) groups excluding carboxylic acids is 4. The predicted octanol–water partition coefficient (Wildman–Crippen LogP) is 7.50. The fourth-order valence-electron chi connectivity index (χ4n) is 8.60. The van der Waals surface area contributed by atoms with E-state index in [-0.39, 0.29) is 29.5 Å². The second-order valence-electron chi connectivity index (χ2n) is 13.5. The van der Waals surface area contributed by atoms with Crippen LogP contribution in [0.2, 0.25) is 5.02 Å². The number of phenols is 1. The Hall–Kier alpha value is -5.35. The van der Waals surface area contributed by atoms with E-state index in [1.54, 1.807) is 31.2 Å². The highest BCUT2D eigenvalue weighted by Crippen LogP contribution is 2.64. The standard InChI is InChI=1S/C39H30ClF2N3O5/c1-39-28(36(48)45(38(39)50)24-12-15-30(41)29(40)18-24)19-27-25(34(39)20-7-16-32(46)31(42)17-20)13-14-26-33(27)37(49)44(35(26)47)23-10-8-22(9-11-23)43-21-5-3-2-4-6-21/h2-13,15-18,26-28,33-34,43,46H,14,19H2,1H3. The molecule has 50 heavy (non-hydrogen) atoms. The molecule has 11 heteroatoms. The van der Waals surface area contributed by atoms with Crippen LogP contribution in [-0.2, 0) is 19.2 Å². The minimum Gasteiger partial charge on any atom is -0.505 e. The number of amides is 4. The molecule has 4 amide bonds. The first-order chi connectivity index (χ1) is 24.0. The van der Waals surface area contributed by atoms with E-state index in [0.29, 0.717) is 16.8 Å². The summed E-state index contributed by atoms with van der Waals surface area (Å²) in [6, 6.07) is 24.0. The summed E-state index contributed by atoms with van der Waals surface area (Å²) in [5.74, 6) is -8.06. The molecule has 252 valence electrons. The quantitative estimate of drug-likeness (QED) is 0.166. The average molecular weight is 694 g/mol. The van der Waals surface area contributed by atoms with Crippen molar-refractivity contribution in [3.63, 3.8) is 0 Å². The number of anilines is 4. The molecule has 3 fully saturated rings. The van der Waals surface area contributed by atoms with Gasteiger partial charge in [0.25, 0.3) is 0 Å². The minimum absolute atomic E-state index is 0.0867. The number of fused-ring (bicyclic) bond motifs is 4. The van der Waals surface area contributed by atoms with Gasteiger partial charge in [-0.1, -0.05) is 47.5 Å². The number of nitrogens with zero attached hydrogens (tertiary/aromatic N) is 2. The van der Waals surface area contributed by atoms with Crippen LogP contribution in [0.25, 0.3) is 0 Å². The number of carbonyl (C=O) groups is 4. The molecule has 2 N–H and O–H groups in total. The molecule has 4 aromatic carbocycles. The summed E-state index contributed by atoms with van der Waals surface area (Å²) in [6.45, 7) is 1.65. The molecule has 1 saturated carbocycles. The normalized spacial score (nSPS) is 27.2. The maximum atomic E-state index is 15.0. The smallest absolute Gasteiger partial charge is 0.241 e. The molecule has 8 nitrogen and oxygen atoms in total. The van der Waals surface area contributed by atoms with Crippen molar-refractivity contribution in [3.8, 4) is 5.75 Å². The van der Waals surface area contributed by atoms with Crippen molar-refractivity contribution in [2.24, 2.45) is 29.1 Å². The highest BCUT2D eigenvalue weighted by molar-refractivity contribution is 6.32. The van der Waals surface area contributed by atoms with Gasteiger partial charge in [0.2, 0.25) is 23.6 Å². The highest BCUT2D eigenvalue weighted by Gasteiger charge is 2.67. The van der Waals surface area contributed by atoms with Crippen LogP contribution in [0.15, 0.2) is 103 Å². The van der Waals surface area contributed by atoms with Crippen LogP contribution in [0.1, 0.15) is 31.2 Å². The SMILES string of the molecule is CC12C(=O)N(c3ccc(F)c(Cl)c3)C(=O)C1CC1C(=CCC3C(=O)N(c4ccc(Nc5ccccc5)cc4)C(=O)C31)C2c1ccc(O)c(F)c1. The molecule has 2 aliphatic heterocycles. The van der Waals surface area contributed by atoms with Crippen LogP contribution >= 0.6 is 11.6 Å². The number of hydrogen-bond acceptors (Lipinski definition) is 6. The summed E-state index contributed by atoms with van der Waals surface area (Å²) in [6.07, 6.45) is 2.16. The van der Waals surface area contributed by atoms with Gasteiger partial charge in [-0.3, -0.25) is 24.1 Å². The molecule has 0 spiro atoms. The average Bonchev–Trinajstić information content (AvgIpc) is 3.47. The fraction of sp³-hybridized carbons (Fsp3) is 0.231. The van der Waals surface area contributed by atoms with Gasteiger partial charge in [-0.05, 0) is 98.0 Å². The molecule has 2 aliphatic carbocycles. The molecule has 0 aromatic heterocycles. The van der Waals surface area contributed by atoms with Crippen LogP contribution in [-0.4, -0.2) is 28.7 Å². The Kier molecular flexibility index (Phi) is 7.41. The largest absolute Gasteiger partial charge is 0.505 e. The Morgan fingerprint density at radius 3 is 2.18 bits per heavy atom. The van der Waals surface area contributed by atoms with E-state index in [0.717, 1.165) is 28.4 Å². The molecule has 8 rings (SSSR count). The molecular formula is C39H30ClF2N3O5. The van der Waals surface area contributed by atoms with Crippen molar-refractivity contribution >= 4 is 58.0 Å². The molecule has 6 unspecified atom stereocenters. The zero-order chi connectivity index (χ0) is 35.1. The van der Waals surface area contributed by atoms with Crippen LogP contribution in [0.3, 0.4) is 0 Å². The highest BCUT2D eigenvalue weighted by atomic mass is 35.5. The number of benzene rings is 4. The van der Waals surface area contributed by atoms with Gasteiger partial charge < -0.3 is 10.4 Å². The maximum absolute atomic E-state index is 15.0. The first-order valence-corrected chi connectivity index (χ1v) is 16.7. The summed E-state index contributed by atoms with van der Waals surface area (Å²) in [5.41, 5.74) is 1.73. The number of phenolic OH excluding ortho intramolecular Hbond substituents is 1. The lowest BCUT2D eigenvalue weighted by molar-refractivity contribution is -0.131. The molecule has 4 aromatic rings. The van der Waals surface area contributed by atoms with Crippen molar-refractivity contribution < 1.29 is 33.1 Å². The predicted molar refractivity (Wildman–Crippen MR) is 183 cm³/mol. The first kappa shape index (κ1) is 31.9. The molecule has 6 atom stereocenters. The van der Waals surface area contributed by atoms with Gasteiger partial charge in [-0.15, -0.1) is 0 Å². The van der Waals surface area contributed by atoms with E-state index in [1.807, 2.05) is 36.4 Å². The van der Waals surface area contributed by atoms with Crippen molar-refractivity contribution in [3.05, 3.63) is 125 Å². The Morgan fingerprint density at radius 2 is 1.48 bits per heavy atom. The fourth-order valence-corrected chi connectivity index (χ4v) is 8.78. The Balaban J connectivity index is 1.18. The molecule has 2 saturated heterocycles. The Morgan fingerprint density at radius 1 is 0.780 bits per heavy atom. The van der Waals surface area contributed by atoms with E-state index >= 15 is 0 Å². The summed E-state index contributed by atoms with van der Waals surface area (Å²) >= 11 is 6.06. The summed E-state index contributed by atoms with van der Waals surface area (Å²) < 4.78 is 29.1. The second-order valence-corrected chi connectivity index (χ2v) is 13.9. The topological polar surface area (TPSA) is 107 Å². The third-order valence-electron chi connectivity index (χ3n) is 10.9. The maximum Gasteiger partial charge on any atom is 0.241 e. The number of aromatic hydroxyl groups is 1. The van der Waals surface area contributed by atoms with Crippen molar-refractivity contribution in [2.75, 3.05) is 15.1 Å². The van der Waals surface area contributed by atoms with Gasteiger partial charge in [0.15, 0.2) is 11.6 Å². The Labute approximate surface area is 291 Å². The van der Waals surface area contributed by atoms with E-state index in [1.165, 1.54) is 29.2 Å². The van der Waals surface area contributed by atoms with Crippen LogP contribution in [0.5, 0.6) is 5.75 Å². The molecule has 0 bridgehead atoms. The zero-order valence-corrected chi connectivity index (χ0v) is 27.4. The van der Waals surface area contributed by atoms with E-state index in [4.69, 9.17) is 11.6 Å². The van der Waals surface area contributed by atoms with Gasteiger partial charge in [-0.25, -0.2) is 13.7 Å². The van der Waals surface area contributed by atoms with E-state index in [9.17, 15) is 33.1 Å². The lowest BCUT2D eigenvalue weighted by Crippen LogP contribution is -2.48. The van der Waals surface area contributed by atoms with Crippen LogP contribution in [0.4, 0.5) is 31.5 Å². The number of rotatable bonds is 5. The monoisotopic (exact) mass is 693 g/mol.